The molecule has 2 nitrogen and oxygen atoms in total. The number of anilines is 3. The number of rotatable bonds is 2. The highest BCUT2D eigenvalue weighted by atomic mass is 79.9. The third kappa shape index (κ3) is 3.06. The first-order chi connectivity index (χ1) is 8.06. The molecule has 0 saturated carbocycles. The molecule has 0 aromatic heterocycles. The molecule has 2 aromatic rings. The van der Waals surface area contributed by atoms with Gasteiger partial charge in [-0.2, -0.15) is 0 Å². The standard InChI is InChI=1S/C12H9BrCl2N2/c13-7-1-3-9(14)12(5-7)17-11-4-2-8(16)6-10(11)15/h1-6,17H,16H2. The quantitative estimate of drug-likeness (QED) is 0.753. The van der Waals surface area contributed by atoms with Crippen molar-refractivity contribution >= 4 is 56.2 Å². The molecule has 88 valence electrons. The van der Waals surface area contributed by atoms with Crippen LogP contribution in [0.15, 0.2) is 40.9 Å². The van der Waals surface area contributed by atoms with Gasteiger partial charge in [-0.3, -0.25) is 0 Å². The molecule has 0 aliphatic carbocycles. The maximum absolute atomic E-state index is 6.08. The van der Waals surface area contributed by atoms with E-state index in [1.54, 1.807) is 18.2 Å². The monoisotopic (exact) mass is 330 g/mol. The highest BCUT2D eigenvalue weighted by Gasteiger charge is 2.05. The van der Waals surface area contributed by atoms with Gasteiger partial charge in [-0.05, 0) is 36.4 Å². The molecule has 0 aliphatic rings. The van der Waals surface area contributed by atoms with E-state index >= 15 is 0 Å². The predicted molar refractivity (Wildman–Crippen MR) is 78.3 cm³/mol. The Kier molecular flexibility index (Phi) is 3.82. The van der Waals surface area contributed by atoms with Crippen LogP contribution in [0.4, 0.5) is 17.1 Å². The zero-order chi connectivity index (χ0) is 12.4. The lowest BCUT2D eigenvalue weighted by Crippen LogP contribution is -1.93. The zero-order valence-corrected chi connectivity index (χ0v) is 11.8. The molecule has 3 N–H and O–H groups in total. The lowest BCUT2D eigenvalue weighted by atomic mass is 10.2. The molecule has 0 spiro atoms. The summed E-state index contributed by atoms with van der Waals surface area (Å²) >= 11 is 15.5. The number of halogens is 3. The molecule has 17 heavy (non-hydrogen) atoms. The van der Waals surface area contributed by atoms with Crippen LogP contribution in [-0.2, 0) is 0 Å². The third-order valence-electron chi connectivity index (χ3n) is 2.19. The lowest BCUT2D eigenvalue weighted by molar-refractivity contribution is 1.53. The molecule has 5 heteroatoms. The van der Waals surface area contributed by atoms with E-state index in [2.05, 4.69) is 21.2 Å². The van der Waals surface area contributed by atoms with Crippen molar-refractivity contribution in [1.29, 1.82) is 0 Å². The molecule has 0 fully saturated rings. The average molecular weight is 332 g/mol. The molecular weight excluding hydrogens is 323 g/mol. The van der Waals surface area contributed by atoms with E-state index in [0.717, 1.165) is 15.8 Å². The molecule has 0 heterocycles. The minimum atomic E-state index is 0.557. The van der Waals surface area contributed by atoms with E-state index in [9.17, 15) is 0 Å². The van der Waals surface area contributed by atoms with Gasteiger partial charge in [0, 0.05) is 10.2 Å². The molecule has 0 amide bonds. The Morgan fingerprint density at radius 1 is 0.941 bits per heavy atom. The normalized spacial score (nSPS) is 10.3. The molecular formula is C12H9BrCl2N2. The molecule has 0 bridgehead atoms. The van der Waals surface area contributed by atoms with Crippen LogP contribution in [0.25, 0.3) is 0 Å². The number of nitrogen functional groups attached to an aromatic ring is 1. The van der Waals surface area contributed by atoms with Crippen molar-refractivity contribution in [2.24, 2.45) is 0 Å². The van der Waals surface area contributed by atoms with Gasteiger partial charge in [0.25, 0.3) is 0 Å². The topological polar surface area (TPSA) is 38.0 Å². The van der Waals surface area contributed by atoms with Crippen LogP contribution in [-0.4, -0.2) is 0 Å². The van der Waals surface area contributed by atoms with Crippen molar-refractivity contribution in [2.75, 3.05) is 11.1 Å². The summed E-state index contributed by atoms with van der Waals surface area (Å²) in [6.45, 7) is 0. The Morgan fingerprint density at radius 3 is 2.41 bits per heavy atom. The van der Waals surface area contributed by atoms with Crippen LogP contribution in [0.1, 0.15) is 0 Å². The van der Waals surface area contributed by atoms with Gasteiger partial charge >= 0.3 is 0 Å². The Hall–Kier alpha value is -0.900. The smallest absolute Gasteiger partial charge is 0.0661 e. The Balaban J connectivity index is 2.34. The van der Waals surface area contributed by atoms with Gasteiger partial charge < -0.3 is 11.1 Å². The van der Waals surface area contributed by atoms with Gasteiger partial charge in [-0.15, -0.1) is 0 Å². The number of nitrogens with two attached hydrogens (primary N) is 1. The van der Waals surface area contributed by atoms with Gasteiger partial charge in [-0.25, -0.2) is 0 Å². The van der Waals surface area contributed by atoms with Crippen LogP contribution >= 0.6 is 39.1 Å². The first-order valence-electron chi connectivity index (χ1n) is 4.83. The van der Waals surface area contributed by atoms with E-state index in [0.29, 0.717) is 15.7 Å². The second kappa shape index (κ2) is 5.17. The fourth-order valence-corrected chi connectivity index (χ4v) is 2.13. The Labute approximate surface area is 118 Å². The summed E-state index contributed by atoms with van der Waals surface area (Å²) in [5.74, 6) is 0. The van der Waals surface area contributed by atoms with Crippen LogP contribution < -0.4 is 11.1 Å². The second-order valence-electron chi connectivity index (χ2n) is 3.49. The lowest BCUT2D eigenvalue weighted by Gasteiger charge is -2.10. The maximum Gasteiger partial charge on any atom is 0.0661 e. The summed E-state index contributed by atoms with van der Waals surface area (Å²) in [7, 11) is 0. The first-order valence-corrected chi connectivity index (χ1v) is 6.38. The third-order valence-corrected chi connectivity index (χ3v) is 3.33. The minimum Gasteiger partial charge on any atom is -0.399 e. The zero-order valence-electron chi connectivity index (χ0n) is 8.68. The fourth-order valence-electron chi connectivity index (χ4n) is 1.37. The Bertz CT molecular complexity index is 558. The van der Waals surface area contributed by atoms with E-state index < -0.39 is 0 Å². The van der Waals surface area contributed by atoms with Crippen molar-refractivity contribution in [1.82, 2.24) is 0 Å². The highest BCUT2D eigenvalue weighted by Crippen LogP contribution is 2.32. The molecule has 0 atom stereocenters. The van der Waals surface area contributed by atoms with Crippen molar-refractivity contribution in [2.45, 2.75) is 0 Å². The van der Waals surface area contributed by atoms with Crippen molar-refractivity contribution in [3.05, 3.63) is 50.9 Å². The van der Waals surface area contributed by atoms with Gasteiger partial charge in [-0.1, -0.05) is 39.1 Å². The van der Waals surface area contributed by atoms with Crippen LogP contribution in [0.2, 0.25) is 10.0 Å². The SMILES string of the molecule is Nc1ccc(Nc2cc(Br)ccc2Cl)c(Cl)c1. The van der Waals surface area contributed by atoms with Gasteiger partial charge in [0.2, 0.25) is 0 Å². The van der Waals surface area contributed by atoms with Gasteiger partial charge in [0.15, 0.2) is 0 Å². The number of benzene rings is 2. The maximum atomic E-state index is 6.08. The molecule has 0 aliphatic heterocycles. The molecule has 0 unspecified atom stereocenters. The van der Waals surface area contributed by atoms with Gasteiger partial charge in [0.1, 0.15) is 0 Å². The van der Waals surface area contributed by atoms with E-state index in [1.807, 2.05) is 18.2 Å². The minimum absolute atomic E-state index is 0.557. The summed E-state index contributed by atoms with van der Waals surface area (Å²) in [5, 5.41) is 4.34. The molecule has 0 saturated heterocycles. The van der Waals surface area contributed by atoms with Crippen LogP contribution in [0.3, 0.4) is 0 Å². The average Bonchev–Trinajstić information content (AvgIpc) is 2.27. The fraction of sp³-hybridized carbons (Fsp3) is 0. The summed E-state index contributed by atoms with van der Waals surface area (Å²) in [5.41, 5.74) is 7.80. The van der Waals surface area contributed by atoms with E-state index in [4.69, 9.17) is 28.9 Å². The summed E-state index contributed by atoms with van der Waals surface area (Å²) in [4.78, 5) is 0. The van der Waals surface area contributed by atoms with Crippen molar-refractivity contribution in [3.63, 3.8) is 0 Å². The van der Waals surface area contributed by atoms with Crippen LogP contribution in [0, 0.1) is 0 Å². The largest absolute Gasteiger partial charge is 0.399 e. The van der Waals surface area contributed by atoms with E-state index in [-0.39, 0.29) is 0 Å². The summed E-state index contributed by atoms with van der Waals surface area (Å²) in [6, 6.07) is 10.8. The summed E-state index contributed by atoms with van der Waals surface area (Å²) in [6.07, 6.45) is 0. The van der Waals surface area contributed by atoms with Crippen molar-refractivity contribution in [3.8, 4) is 0 Å². The first kappa shape index (κ1) is 12.6. The van der Waals surface area contributed by atoms with Crippen LogP contribution in [0.5, 0.6) is 0 Å². The molecule has 0 radical (unpaired) electrons. The number of hydrogen-bond acceptors (Lipinski definition) is 2. The number of hydrogen-bond donors (Lipinski definition) is 2. The van der Waals surface area contributed by atoms with Crippen molar-refractivity contribution < 1.29 is 0 Å². The molecule has 2 rings (SSSR count). The number of nitrogens with one attached hydrogen (secondary N) is 1. The van der Waals surface area contributed by atoms with Gasteiger partial charge in [0.05, 0.1) is 21.4 Å². The molecule has 2 aromatic carbocycles. The highest BCUT2D eigenvalue weighted by molar-refractivity contribution is 9.10. The second-order valence-corrected chi connectivity index (χ2v) is 5.22. The predicted octanol–water partition coefficient (Wildman–Crippen LogP) is 5.08. The Morgan fingerprint density at radius 2 is 1.71 bits per heavy atom. The van der Waals surface area contributed by atoms with E-state index in [1.165, 1.54) is 0 Å². The summed E-state index contributed by atoms with van der Waals surface area (Å²) < 4.78 is 0.941.